The van der Waals surface area contributed by atoms with E-state index in [0.717, 1.165) is 12.8 Å². The van der Waals surface area contributed by atoms with Crippen molar-refractivity contribution in [2.75, 3.05) is 38.2 Å². The number of unbranched alkanes of at least 4 members (excludes halogenated alkanes) is 1. The third kappa shape index (κ3) is 5.73. The molecule has 0 unspecified atom stereocenters. The largest absolute Gasteiger partial charge is 0.462 e. The van der Waals surface area contributed by atoms with Gasteiger partial charge >= 0.3 is 5.97 Å². The number of rotatable bonds is 8. The Morgan fingerprint density at radius 1 is 1.09 bits per heavy atom. The van der Waals surface area contributed by atoms with Crippen molar-refractivity contribution >= 4 is 27.6 Å². The van der Waals surface area contributed by atoms with Gasteiger partial charge in [-0.2, -0.15) is 4.31 Å². The molecule has 8 nitrogen and oxygen atoms in total. The number of hydrogen-bond acceptors (Lipinski definition) is 6. The number of anilines is 1. The molecule has 1 amide bonds. The molecule has 0 aliphatic carbocycles. The number of carbonyl (C=O) groups is 2. The van der Waals surface area contributed by atoms with E-state index >= 15 is 0 Å². The van der Waals surface area contributed by atoms with Crippen molar-refractivity contribution in [3.63, 3.8) is 0 Å². The average Bonchev–Trinajstić information content (AvgIpc) is 2.80. The highest BCUT2D eigenvalue weighted by Crippen LogP contribution is 2.22. The molecule has 1 heterocycles. The standard InChI is InChI=1S/C23H28N2O6S/c1-3-4-13-31-23(27)18-6-8-19(9-7-18)24-22(26)21-16-20(10-5-17(21)2)32(28,29)25-11-14-30-15-12-25/h5-10,16H,3-4,11-15H2,1-2H3,(H,24,26). The fraction of sp³-hybridized carbons (Fsp3) is 0.391. The number of benzene rings is 2. The van der Waals surface area contributed by atoms with Crippen LogP contribution >= 0.6 is 0 Å². The molecule has 0 atom stereocenters. The Balaban J connectivity index is 1.72. The molecule has 0 spiro atoms. The van der Waals surface area contributed by atoms with Crippen molar-refractivity contribution in [2.24, 2.45) is 0 Å². The molecule has 32 heavy (non-hydrogen) atoms. The second kappa shape index (κ2) is 10.7. The summed E-state index contributed by atoms with van der Waals surface area (Å²) in [6.45, 7) is 5.39. The van der Waals surface area contributed by atoms with Gasteiger partial charge in [0.2, 0.25) is 10.0 Å². The molecule has 1 saturated heterocycles. The number of nitrogens with zero attached hydrogens (tertiary/aromatic N) is 1. The number of aryl methyl sites for hydroxylation is 1. The molecule has 0 aromatic heterocycles. The Kier molecular flexibility index (Phi) is 8.00. The number of carbonyl (C=O) groups excluding carboxylic acids is 2. The lowest BCUT2D eigenvalue weighted by atomic mass is 10.1. The third-order valence-corrected chi connectivity index (χ3v) is 7.07. The van der Waals surface area contributed by atoms with Gasteiger partial charge in [-0.05, 0) is 55.3 Å². The Labute approximate surface area is 188 Å². The number of sulfonamides is 1. The molecule has 1 N–H and O–H groups in total. The van der Waals surface area contributed by atoms with Crippen LogP contribution in [0.25, 0.3) is 0 Å². The SMILES string of the molecule is CCCCOC(=O)c1ccc(NC(=O)c2cc(S(=O)(=O)N3CCOCC3)ccc2C)cc1. The topological polar surface area (TPSA) is 102 Å². The summed E-state index contributed by atoms with van der Waals surface area (Å²) < 4.78 is 37.6. The number of nitrogens with one attached hydrogen (secondary N) is 1. The van der Waals surface area contributed by atoms with E-state index in [1.165, 1.54) is 16.4 Å². The predicted octanol–water partition coefficient (Wildman–Crippen LogP) is 3.23. The van der Waals surface area contributed by atoms with Crippen molar-refractivity contribution < 1.29 is 27.5 Å². The van der Waals surface area contributed by atoms with E-state index in [0.29, 0.717) is 36.6 Å². The molecule has 3 rings (SSSR count). The van der Waals surface area contributed by atoms with Crippen LogP contribution < -0.4 is 5.32 Å². The summed E-state index contributed by atoms with van der Waals surface area (Å²) in [5, 5.41) is 2.76. The van der Waals surface area contributed by atoms with Crippen molar-refractivity contribution in [3.8, 4) is 0 Å². The van der Waals surface area contributed by atoms with E-state index in [9.17, 15) is 18.0 Å². The van der Waals surface area contributed by atoms with E-state index < -0.39 is 21.9 Å². The third-order valence-electron chi connectivity index (χ3n) is 5.17. The first-order valence-corrected chi connectivity index (χ1v) is 12.0. The predicted molar refractivity (Wildman–Crippen MR) is 120 cm³/mol. The monoisotopic (exact) mass is 460 g/mol. The van der Waals surface area contributed by atoms with Gasteiger partial charge in [0.05, 0.1) is 30.3 Å². The molecule has 0 bridgehead atoms. The summed E-state index contributed by atoms with van der Waals surface area (Å²) in [5.41, 5.74) is 1.80. The van der Waals surface area contributed by atoms with Crippen molar-refractivity contribution in [1.82, 2.24) is 4.31 Å². The number of amides is 1. The summed E-state index contributed by atoms with van der Waals surface area (Å²) in [6.07, 6.45) is 1.74. The van der Waals surface area contributed by atoms with Gasteiger partial charge in [0, 0.05) is 24.3 Å². The zero-order chi connectivity index (χ0) is 23.1. The molecule has 1 fully saturated rings. The summed E-state index contributed by atoms with van der Waals surface area (Å²) >= 11 is 0. The minimum Gasteiger partial charge on any atom is -0.462 e. The smallest absolute Gasteiger partial charge is 0.338 e. The van der Waals surface area contributed by atoms with Crippen LogP contribution in [0.5, 0.6) is 0 Å². The average molecular weight is 461 g/mol. The maximum Gasteiger partial charge on any atom is 0.338 e. The zero-order valence-electron chi connectivity index (χ0n) is 18.3. The molecule has 0 saturated carbocycles. The lowest BCUT2D eigenvalue weighted by molar-refractivity contribution is 0.0499. The van der Waals surface area contributed by atoms with Crippen molar-refractivity contribution in [2.45, 2.75) is 31.6 Å². The number of hydrogen-bond donors (Lipinski definition) is 1. The van der Waals surface area contributed by atoms with Gasteiger partial charge in [0.25, 0.3) is 5.91 Å². The molecular formula is C23H28N2O6S. The highest BCUT2D eigenvalue weighted by Gasteiger charge is 2.27. The van der Waals surface area contributed by atoms with E-state index in [1.807, 2.05) is 6.92 Å². The second-order valence-electron chi connectivity index (χ2n) is 7.51. The zero-order valence-corrected chi connectivity index (χ0v) is 19.1. The van der Waals surface area contributed by atoms with Crippen LogP contribution in [-0.2, 0) is 19.5 Å². The van der Waals surface area contributed by atoms with E-state index in [4.69, 9.17) is 9.47 Å². The molecule has 1 aliphatic heterocycles. The normalized spacial score (nSPS) is 14.7. The van der Waals surface area contributed by atoms with Crippen LogP contribution in [0.15, 0.2) is 47.4 Å². The summed E-state index contributed by atoms with van der Waals surface area (Å²) in [6, 6.07) is 10.9. The molecule has 2 aromatic carbocycles. The Hall–Kier alpha value is -2.75. The molecule has 0 radical (unpaired) electrons. The maximum atomic E-state index is 12.9. The van der Waals surface area contributed by atoms with Crippen LogP contribution in [0, 0.1) is 6.92 Å². The van der Waals surface area contributed by atoms with Crippen LogP contribution in [-0.4, -0.2) is 57.5 Å². The molecule has 2 aromatic rings. The Morgan fingerprint density at radius 2 is 1.78 bits per heavy atom. The number of esters is 1. The van der Waals surface area contributed by atoms with Crippen LogP contribution in [0.1, 0.15) is 46.0 Å². The number of morpholine rings is 1. The quantitative estimate of drug-likeness (QED) is 0.479. The van der Waals surface area contributed by atoms with E-state index in [-0.39, 0.29) is 23.5 Å². The van der Waals surface area contributed by atoms with Crippen molar-refractivity contribution in [1.29, 1.82) is 0 Å². The van der Waals surface area contributed by atoms with E-state index in [1.54, 1.807) is 37.3 Å². The van der Waals surface area contributed by atoms with Crippen LogP contribution in [0.2, 0.25) is 0 Å². The highest BCUT2D eigenvalue weighted by atomic mass is 32.2. The Bertz CT molecular complexity index is 1060. The summed E-state index contributed by atoms with van der Waals surface area (Å²) in [4.78, 5) is 24.9. The van der Waals surface area contributed by atoms with Gasteiger partial charge in [-0.25, -0.2) is 13.2 Å². The van der Waals surface area contributed by atoms with Crippen molar-refractivity contribution in [3.05, 3.63) is 59.2 Å². The number of ether oxygens (including phenoxy) is 2. The maximum absolute atomic E-state index is 12.9. The molecule has 9 heteroatoms. The minimum absolute atomic E-state index is 0.0697. The minimum atomic E-state index is -3.71. The van der Waals surface area contributed by atoms with E-state index in [2.05, 4.69) is 5.32 Å². The molecule has 1 aliphatic rings. The van der Waals surface area contributed by atoms with Gasteiger partial charge in [0.15, 0.2) is 0 Å². The molecular weight excluding hydrogens is 432 g/mol. The van der Waals surface area contributed by atoms with Gasteiger partial charge in [-0.3, -0.25) is 4.79 Å². The fourth-order valence-corrected chi connectivity index (χ4v) is 4.66. The molecule has 172 valence electrons. The first kappa shape index (κ1) is 23.9. The van der Waals surface area contributed by atoms with Gasteiger partial charge < -0.3 is 14.8 Å². The van der Waals surface area contributed by atoms with Gasteiger partial charge in [-0.15, -0.1) is 0 Å². The highest BCUT2D eigenvalue weighted by molar-refractivity contribution is 7.89. The van der Waals surface area contributed by atoms with Crippen LogP contribution in [0.4, 0.5) is 5.69 Å². The first-order chi connectivity index (χ1) is 15.3. The summed E-state index contributed by atoms with van der Waals surface area (Å²) in [7, 11) is -3.71. The van der Waals surface area contributed by atoms with Crippen LogP contribution in [0.3, 0.4) is 0 Å². The lowest BCUT2D eigenvalue weighted by Crippen LogP contribution is -2.40. The summed E-state index contributed by atoms with van der Waals surface area (Å²) in [5.74, 6) is -0.840. The Morgan fingerprint density at radius 3 is 2.44 bits per heavy atom. The first-order valence-electron chi connectivity index (χ1n) is 10.6. The van der Waals surface area contributed by atoms with Gasteiger partial charge in [0.1, 0.15) is 0 Å². The second-order valence-corrected chi connectivity index (χ2v) is 9.45. The van der Waals surface area contributed by atoms with Gasteiger partial charge in [-0.1, -0.05) is 19.4 Å². The lowest BCUT2D eigenvalue weighted by Gasteiger charge is -2.26. The fourth-order valence-electron chi connectivity index (χ4n) is 3.22.